The highest BCUT2D eigenvalue weighted by molar-refractivity contribution is 5.63. The van der Waals surface area contributed by atoms with Crippen molar-refractivity contribution >= 4 is 0 Å². The van der Waals surface area contributed by atoms with Crippen LogP contribution in [0.25, 0.3) is 11.1 Å². The molecule has 0 radical (unpaired) electrons. The molecule has 0 saturated carbocycles. The molecule has 0 fully saturated rings. The van der Waals surface area contributed by atoms with E-state index in [1.165, 1.54) is 22.4 Å². The average molecular weight is 248 g/mol. The van der Waals surface area contributed by atoms with E-state index in [0.717, 1.165) is 6.54 Å². The van der Waals surface area contributed by atoms with Crippen LogP contribution in [-0.2, 0) is 6.54 Å². The van der Waals surface area contributed by atoms with Crippen molar-refractivity contribution in [2.24, 2.45) is 0 Å². The van der Waals surface area contributed by atoms with Crippen molar-refractivity contribution in [3.05, 3.63) is 78.4 Å². The van der Waals surface area contributed by atoms with Crippen LogP contribution in [-0.4, -0.2) is 9.55 Å². The molecule has 0 aliphatic carbocycles. The van der Waals surface area contributed by atoms with E-state index in [4.69, 9.17) is 0 Å². The quantitative estimate of drug-likeness (QED) is 0.687. The lowest BCUT2D eigenvalue weighted by atomic mass is 10.1. The van der Waals surface area contributed by atoms with Crippen LogP contribution in [0, 0.1) is 6.92 Å². The first-order valence-electron chi connectivity index (χ1n) is 6.44. The Kier molecular flexibility index (Phi) is 3.15. The Labute approximate surface area is 113 Å². The zero-order chi connectivity index (χ0) is 13.1. The predicted molar refractivity (Wildman–Crippen MR) is 77.9 cm³/mol. The van der Waals surface area contributed by atoms with Gasteiger partial charge < -0.3 is 4.57 Å². The van der Waals surface area contributed by atoms with E-state index in [2.05, 4.69) is 59.1 Å². The fourth-order valence-electron chi connectivity index (χ4n) is 2.26. The van der Waals surface area contributed by atoms with Crippen molar-refractivity contribution in [3.63, 3.8) is 0 Å². The molecule has 0 aliphatic rings. The van der Waals surface area contributed by atoms with Gasteiger partial charge in [-0.3, -0.25) is 4.98 Å². The maximum absolute atomic E-state index is 4.16. The number of pyridine rings is 1. The molecule has 2 heterocycles. The lowest BCUT2D eigenvalue weighted by molar-refractivity contribution is 0.773. The Morgan fingerprint density at radius 1 is 1.00 bits per heavy atom. The SMILES string of the molecule is Cc1cc(-c2ccccc2)cn1Cc1cccnc1. The summed E-state index contributed by atoms with van der Waals surface area (Å²) >= 11 is 0. The zero-order valence-corrected chi connectivity index (χ0v) is 11.0. The van der Waals surface area contributed by atoms with Gasteiger partial charge in [0.05, 0.1) is 0 Å². The van der Waals surface area contributed by atoms with E-state index < -0.39 is 0 Å². The molecule has 2 heteroatoms. The summed E-state index contributed by atoms with van der Waals surface area (Å²) in [4.78, 5) is 4.16. The molecule has 19 heavy (non-hydrogen) atoms. The molecule has 3 aromatic rings. The largest absolute Gasteiger partial charge is 0.347 e. The van der Waals surface area contributed by atoms with Crippen LogP contribution in [0.4, 0.5) is 0 Å². The van der Waals surface area contributed by atoms with Gasteiger partial charge in [-0.05, 0) is 35.7 Å². The van der Waals surface area contributed by atoms with Gasteiger partial charge in [-0.2, -0.15) is 0 Å². The summed E-state index contributed by atoms with van der Waals surface area (Å²) in [7, 11) is 0. The van der Waals surface area contributed by atoms with Crippen LogP contribution < -0.4 is 0 Å². The Bertz CT molecular complexity index is 654. The highest BCUT2D eigenvalue weighted by Crippen LogP contribution is 2.22. The molecule has 2 nitrogen and oxygen atoms in total. The highest BCUT2D eigenvalue weighted by atomic mass is 15.0. The molecule has 0 unspecified atom stereocenters. The second-order valence-corrected chi connectivity index (χ2v) is 4.73. The van der Waals surface area contributed by atoms with E-state index >= 15 is 0 Å². The molecule has 0 aliphatic heterocycles. The van der Waals surface area contributed by atoms with Crippen molar-refractivity contribution in [1.29, 1.82) is 0 Å². The van der Waals surface area contributed by atoms with Gasteiger partial charge in [-0.1, -0.05) is 36.4 Å². The molecular weight excluding hydrogens is 232 g/mol. The standard InChI is InChI=1S/C17H16N2/c1-14-10-17(16-7-3-2-4-8-16)13-19(14)12-15-6-5-9-18-11-15/h2-11,13H,12H2,1H3. The van der Waals surface area contributed by atoms with E-state index in [0.29, 0.717) is 0 Å². The summed E-state index contributed by atoms with van der Waals surface area (Å²) in [5, 5.41) is 0. The van der Waals surface area contributed by atoms with E-state index in [1.807, 2.05) is 18.3 Å². The number of hydrogen-bond donors (Lipinski definition) is 0. The topological polar surface area (TPSA) is 17.8 Å². The summed E-state index contributed by atoms with van der Waals surface area (Å²) in [6, 6.07) is 16.8. The third-order valence-electron chi connectivity index (χ3n) is 3.30. The molecule has 0 spiro atoms. The number of benzene rings is 1. The Morgan fingerprint density at radius 3 is 2.58 bits per heavy atom. The summed E-state index contributed by atoms with van der Waals surface area (Å²) in [5.74, 6) is 0. The predicted octanol–water partition coefficient (Wildman–Crippen LogP) is 3.91. The zero-order valence-electron chi connectivity index (χ0n) is 11.0. The number of aromatic nitrogens is 2. The van der Waals surface area contributed by atoms with Crippen LogP contribution >= 0.6 is 0 Å². The number of rotatable bonds is 3. The summed E-state index contributed by atoms with van der Waals surface area (Å²) in [6.45, 7) is 3.01. The molecule has 0 atom stereocenters. The van der Waals surface area contributed by atoms with Crippen molar-refractivity contribution in [2.75, 3.05) is 0 Å². The normalized spacial score (nSPS) is 10.6. The molecule has 3 rings (SSSR count). The third-order valence-corrected chi connectivity index (χ3v) is 3.30. The van der Waals surface area contributed by atoms with Crippen LogP contribution in [0.5, 0.6) is 0 Å². The van der Waals surface area contributed by atoms with E-state index in [-0.39, 0.29) is 0 Å². The van der Waals surface area contributed by atoms with Crippen molar-refractivity contribution < 1.29 is 0 Å². The summed E-state index contributed by atoms with van der Waals surface area (Å²) < 4.78 is 2.26. The van der Waals surface area contributed by atoms with Gasteiger partial charge in [0, 0.05) is 30.8 Å². The van der Waals surface area contributed by atoms with Gasteiger partial charge in [-0.15, -0.1) is 0 Å². The minimum absolute atomic E-state index is 0.868. The first-order chi connectivity index (χ1) is 9.33. The van der Waals surface area contributed by atoms with Crippen LogP contribution in [0.15, 0.2) is 67.1 Å². The molecule has 1 aromatic carbocycles. The average Bonchev–Trinajstić information content (AvgIpc) is 2.82. The van der Waals surface area contributed by atoms with Crippen LogP contribution in [0.3, 0.4) is 0 Å². The third kappa shape index (κ3) is 2.58. The molecule has 0 saturated heterocycles. The van der Waals surface area contributed by atoms with Gasteiger partial charge >= 0.3 is 0 Å². The van der Waals surface area contributed by atoms with Gasteiger partial charge in [-0.25, -0.2) is 0 Å². The summed E-state index contributed by atoms with van der Waals surface area (Å²) in [5.41, 5.74) is 5.01. The van der Waals surface area contributed by atoms with Crippen LogP contribution in [0.1, 0.15) is 11.3 Å². The first kappa shape index (κ1) is 11.7. The monoisotopic (exact) mass is 248 g/mol. The first-order valence-corrected chi connectivity index (χ1v) is 6.44. The van der Waals surface area contributed by atoms with Gasteiger partial charge in [0.1, 0.15) is 0 Å². The van der Waals surface area contributed by atoms with Crippen molar-refractivity contribution in [1.82, 2.24) is 9.55 Å². The molecule has 0 N–H and O–H groups in total. The van der Waals surface area contributed by atoms with Gasteiger partial charge in [0.25, 0.3) is 0 Å². The van der Waals surface area contributed by atoms with Gasteiger partial charge in [0.15, 0.2) is 0 Å². The Morgan fingerprint density at radius 2 is 1.84 bits per heavy atom. The highest BCUT2D eigenvalue weighted by Gasteiger charge is 2.04. The lowest BCUT2D eigenvalue weighted by Crippen LogP contribution is -1.99. The second kappa shape index (κ2) is 5.11. The lowest BCUT2D eigenvalue weighted by Gasteiger charge is -2.05. The van der Waals surface area contributed by atoms with E-state index in [9.17, 15) is 0 Å². The molecule has 94 valence electrons. The van der Waals surface area contributed by atoms with Crippen molar-refractivity contribution in [2.45, 2.75) is 13.5 Å². The fraction of sp³-hybridized carbons (Fsp3) is 0.118. The second-order valence-electron chi connectivity index (χ2n) is 4.73. The number of hydrogen-bond acceptors (Lipinski definition) is 1. The number of nitrogens with zero attached hydrogens (tertiary/aromatic N) is 2. The smallest absolute Gasteiger partial charge is 0.0488 e. The minimum Gasteiger partial charge on any atom is -0.347 e. The van der Waals surface area contributed by atoms with E-state index in [1.54, 1.807) is 6.20 Å². The number of aryl methyl sites for hydroxylation is 1. The maximum Gasteiger partial charge on any atom is 0.0488 e. The Balaban J connectivity index is 1.90. The van der Waals surface area contributed by atoms with Crippen LogP contribution in [0.2, 0.25) is 0 Å². The molecular formula is C17H16N2. The minimum atomic E-state index is 0.868. The molecule has 0 amide bonds. The van der Waals surface area contributed by atoms with Gasteiger partial charge in [0.2, 0.25) is 0 Å². The Hall–Kier alpha value is -2.35. The molecule has 2 aromatic heterocycles. The fourth-order valence-corrected chi connectivity index (χ4v) is 2.26. The molecule has 0 bridgehead atoms. The summed E-state index contributed by atoms with van der Waals surface area (Å²) in [6.07, 6.45) is 5.93. The van der Waals surface area contributed by atoms with Crippen molar-refractivity contribution in [3.8, 4) is 11.1 Å². The maximum atomic E-state index is 4.16.